The van der Waals surface area contributed by atoms with E-state index in [1.807, 2.05) is 6.92 Å². The van der Waals surface area contributed by atoms with Gasteiger partial charge < -0.3 is 14.2 Å². The van der Waals surface area contributed by atoms with E-state index in [1.54, 1.807) is 42.5 Å². The average Bonchev–Trinajstić information content (AvgIpc) is 3.46. The lowest BCUT2D eigenvalue weighted by atomic mass is 10.1. The lowest BCUT2D eigenvalue weighted by molar-refractivity contribution is -0.122. The van der Waals surface area contributed by atoms with Gasteiger partial charge in [-0.1, -0.05) is 6.07 Å². The zero-order valence-electron chi connectivity index (χ0n) is 19.8. The number of imide groups is 1. The minimum Gasteiger partial charge on any atom is -0.494 e. The van der Waals surface area contributed by atoms with Crippen molar-refractivity contribution in [3.05, 3.63) is 78.1 Å². The van der Waals surface area contributed by atoms with Crippen LogP contribution in [0.4, 0.5) is 10.1 Å². The molecular weight excluding hydrogens is 503 g/mol. The summed E-state index contributed by atoms with van der Waals surface area (Å²) in [5.41, 5.74) is 0.831. The minimum atomic E-state index is -4.31. The van der Waals surface area contributed by atoms with E-state index in [1.165, 1.54) is 0 Å². The first-order valence-corrected chi connectivity index (χ1v) is 13.0. The summed E-state index contributed by atoms with van der Waals surface area (Å²) >= 11 is 0. The van der Waals surface area contributed by atoms with Crippen molar-refractivity contribution in [2.24, 2.45) is 0 Å². The number of amides is 2. The smallest absolute Gasteiger partial charge is 0.252 e. The molecule has 2 heterocycles. The Morgan fingerprint density at radius 1 is 1.00 bits per heavy atom. The summed E-state index contributed by atoms with van der Waals surface area (Å²) in [6.45, 7) is 2.11. The second kappa shape index (κ2) is 9.83. The third kappa shape index (κ3) is 4.75. The van der Waals surface area contributed by atoms with E-state index in [9.17, 15) is 22.4 Å². The number of hydrogen-bond donors (Lipinski definition) is 0. The Bertz CT molecular complexity index is 1440. The molecule has 0 spiro atoms. The van der Waals surface area contributed by atoms with Gasteiger partial charge in [-0.25, -0.2) is 17.7 Å². The molecule has 37 heavy (non-hydrogen) atoms. The van der Waals surface area contributed by atoms with Crippen LogP contribution in [0.15, 0.2) is 71.6 Å². The first-order valence-electron chi connectivity index (χ1n) is 11.5. The molecule has 2 aliphatic rings. The first-order chi connectivity index (χ1) is 17.8. The predicted octanol–water partition coefficient (Wildman–Crippen LogP) is 3.48. The third-order valence-electron chi connectivity index (χ3n) is 6.07. The fourth-order valence-corrected chi connectivity index (χ4v) is 5.86. The van der Waals surface area contributed by atoms with Gasteiger partial charge in [0.2, 0.25) is 22.7 Å². The molecule has 0 radical (unpaired) electrons. The molecule has 3 aromatic rings. The van der Waals surface area contributed by atoms with Crippen LogP contribution in [0.5, 0.6) is 17.2 Å². The van der Waals surface area contributed by atoms with Gasteiger partial charge >= 0.3 is 0 Å². The molecule has 5 rings (SSSR count). The summed E-state index contributed by atoms with van der Waals surface area (Å²) in [6.07, 6.45) is -0.350. The van der Waals surface area contributed by atoms with Crippen molar-refractivity contribution >= 4 is 27.5 Å². The number of fused-ring (bicyclic) bond motifs is 1. The van der Waals surface area contributed by atoms with Gasteiger partial charge in [0.15, 0.2) is 11.5 Å². The van der Waals surface area contributed by atoms with Crippen molar-refractivity contribution in [2.75, 3.05) is 18.3 Å². The summed E-state index contributed by atoms with van der Waals surface area (Å²) in [6, 6.07) is 14.3. The highest BCUT2D eigenvalue weighted by Crippen LogP contribution is 2.35. The Hall–Kier alpha value is -3.96. The highest BCUT2D eigenvalue weighted by molar-refractivity contribution is 7.89. The number of benzene rings is 3. The zero-order valence-corrected chi connectivity index (χ0v) is 20.6. The number of carbonyl (C=O) groups is 2. The van der Waals surface area contributed by atoms with Gasteiger partial charge in [-0.05, 0) is 73.2 Å². The molecule has 0 aliphatic carbocycles. The molecule has 1 atom stereocenters. The number of ether oxygens (including phenoxy) is 3. The molecule has 0 aromatic heterocycles. The Morgan fingerprint density at radius 2 is 1.70 bits per heavy atom. The summed E-state index contributed by atoms with van der Waals surface area (Å²) < 4.78 is 58.1. The monoisotopic (exact) mass is 526 g/mol. The fraction of sp³-hybridized carbons (Fsp3) is 0.231. The van der Waals surface area contributed by atoms with Crippen LogP contribution in [0.2, 0.25) is 0 Å². The quantitative estimate of drug-likeness (QED) is 0.414. The Balaban J connectivity index is 1.51. The number of sulfonamides is 1. The molecule has 192 valence electrons. The van der Waals surface area contributed by atoms with Crippen LogP contribution in [-0.4, -0.2) is 44.0 Å². The molecule has 2 aliphatic heterocycles. The first kappa shape index (κ1) is 24.7. The topological polar surface area (TPSA) is 102 Å². The maximum absolute atomic E-state index is 13.7. The number of rotatable bonds is 8. The lowest BCUT2D eigenvalue weighted by Crippen LogP contribution is -2.45. The molecule has 0 saturated carbocycles. The predicted molar refractivity (Wildman–Crippen MR) is 130 cm³/mol. The molecule has 1 fully saturated rings. The Labute approximate surface area is 213 Å². The lowest BCUT2D eigenvalue weighted by Gasteiger charge is -2.27. The van der Waals surface area contributed by atoms with E-state index in [0.29, 0.717) is 35.1 Å². The van der Waals surface area contributed by atoms with E-state index in [4.69, 9.17) is 14.2 Å². The summed E-state index contributed by atoms with van der Waals surface area (Å²) in [7, 11) is -4.31. The van der Waals surface area contributed by atoms with E-state index in [-0.39, 0.29) is 24.7 Å². The van der Waals surface area contributed by atoms with Crippen LogP contribution >= 0.6 is 0 Å². The minimum absolute atomic E-state index is 0.0447. The second-order valence-corrected chi connectivity index (χ2v) is 10.3. The Morgan fingerprint density at radius 3 is 2.41 bits per heavy atom. The van der Waals surface area contributed by atoms with Crippen molar-refractivity contribution < 1.29 is 36.6 Å². The van der Waals surface area contributed by atoms with E-state index < -0.39 is 33.7 Å². The van der Waals surface area contributed by atoms with E-state index >= 15 is 0 Å². The summed E-state index contributed by atoms with van der Waals surface area (Å²) in [4.78, 5) is 27.3. The van der Waals surface area contributed by atoms with Gasteiger partial charge in [0.1, 0.15) is 17.6 Å². The fourth-order valence-electron chi connectivity index (χ4n) is 4.29. The van der Waals surface area contributed by atoms with Crippen molar-refractivity contribution in [1.82, 2.24) is 4.31 Å². The second-order valence-electron chi connectivity index (χ2n) is 8.41. The van der Waals surface area contributed by atoms with Gasteiger partial charge in [-0.2, -0.15) is 4.31 Å². The van der Waals surface area contributed by atoms with Gasteiger partial charge in [-0.3, -0.25) is 9.59 Å². The number of hydrogen-bond acceptors (Lipinski definition) is 7. The molecule has 1 unspecified atom stereocenters. The molecule has 3 aromatic carbocycles. The Kier molecular flexibility index (Phi) is 6.57. The van der Waals surface area contributed by atoms with E-state index in [2.05, 4.69) is 0 Å². The van der Waals surface area contributed by atoms with Crippen LogP contribution in [0.25, 0.3) is 0 Å². The molecule has 2 amide bonds. The molecule has 0 N–H and O–H groups in total. The van der Waals surface area contributed by atoms with Crippen LogP contribution in [0, 0.1) is 5.82 Å². The zero-order chi connectivity index (χ0) is 26.2. The summed E-state index contributed by atoms with van der Waals surface area (Å²) in [5.74, 6) is -0.281. The van der Waals surface area contributed by atoms with Crippen LogP contribution in [-0.2, 0) is 26.2 Å². The molecule has 1 saturated heterocycles. The van der Waals surface area contributed by atoms with Crippen molar-refractivity contribution in [2.45, 2.75) is 30.8 Å². The maximum Gasteiger partial charge on any atom is 0.252 e. The number of halogens is 1. The highest BCUT2D eigenvalue weighted by Gasteiger charge is 2.47. The standard InChI is InChI=1S/C26H23FN2O7S/c1-2-34-20-8-6-19(7-9-20)29-25(30)14-22(26(29)31)28(37(32,33)21-10-4-18(27)5-11-21)15-17-3-12-23-24(13-17)36-16-35-23/h3-13,22H,2,14-16H2,1H3. The van der Waals surface area contributed by atoms with Gasteiger partial charge in [0.25, 0.3) is 5.91 Å². The SMILES string of the molecule is CCOc1ccc(N2C(=O)CC(N(Cc3ccc4c(c3)OCO4)S(=O)(=O)c3ccc(F)cc3)C2=O)cc1. The molecule has 9 nitrogen and oxygen atoms in total. The third-order valence-corrected chi connectivity index (χ3v) is 7.94. The highest BCUT2D eigenvalue weighted by atomic mass is 32.2. The van der Waals surface area contributed by atoms with Gasteiger partial charge in [0, 0.05) is 6.54 Å². The largest absolute Gasteiger partial charge is 0.494 e. The maximum atomic E-state index is 13.7. The molecule has 11 heteroatoms. The van der Waals surface area contributed by atoms with Crippen LogP contribution < -0.4 is 19.1 Å². The van der Waals surface area contributed by atoms with Crippen molar-refractivity contribution in [3.63, 3.8) is 0 Å². The van der Waals surface area contributed by atoms with Crippen molar-refractivity contribution in [1.29, 1.82) is 0 Å². The molecular formula is C26H23FN2O7S. The van der Waals surface area contributed by atoms with Gasteiger partial charge in [-0.15, -0.1) is 0 Å². The molecule has 0 bridgehead atoms. The van der Waals surface area contributed by atoms with Crippen LogP contribution in [0.1, 0.15) is 18.9 Å². The number of anilines is 1. The summed E-state index contributed by atoms with van der Waals surface area (Å²) in [5, 5.41) is 0. The normalized spacial score (nSPS) is 17.1. The number of nitrogens with zero attached hydrogens (tertiary/aromatic N) is 2. The van der Waals surface area contributed by atoms with Crippen LogP contribution in [0.3, 0.4) is 0 Å². The van der Waals surface area contributed by atoms with E-state index in [0.717, 1.165) is 33.5 Å². The van der Waals surface area contributed by atoms with Crippen molar-refractivity contribution in [3.8, 4) is 17.2 Å². The van der Waals surface area contributed by atoms with Gasteiger partial charge in [0.05, 0.1) is 23.6 Å². The average molecular weight is 527 g/mol. The number of carbonyl (C=O) groups excluding carboxylic acids is 2.